The molecule has 3 aromatic rings. The molecule has 1 saturated carbocycles. The number of piperazine rings is 1. The van der Waals surface area contributed by atoms with E-state index >= 15 is 0 Å². The number of imidazole rings is 1. The zero-order valence-corrected chi connectivity index (χ0v) is 21.7. The van der Waals surface area contributed by atoms with Gasteiger partial charge in [0, 0.05) is 50.8 Å². The molecule has 0 N–H and O–H groups in total. The van der Waals surface area contributed by atoms with Gasteiger partial charge in [0.25, 0.3) is 0 Å². The minimum absolute atomic E-state index is 0.159. The van der Waals surface area contributed by atoms with Gasteiger partial charge in [-0.25, -0.2) is 9.37 Å². The second-order valence-corrected chi connectivity index (χ2v) is 11.2. The summed E-state index contributed by atoms with van der Waals surface area (Å²) in [6.07, 6.45) is 10.0. The molecule has 3 aliphatic rings. The summed E-state index contributed by atoms with van der Waals surface area (Å²) in [5, 5.41) is 0. The molecule has 0 radical (unpaired) electrons. The van der Waals surface area contributed by atoms with Crippen LogP contribution in [0, 0.1) is 5.82 Å². The first kappa shape index (κ1) is 23.9. The fraction of sp³-hybridized carbons (Fsp3) is 0.567. The van der Waals surface area contributed by atoms with Crippen LogP contribution in [-0.2, 0) is 5.54 Å². The first-order valence-corrected chi connectivity index (χ1v) is 14.1. The van der Waals surface area contributed by atoms with E-state index < -0.39 is 0 Å². The summed E-state index contributed by atoms with van der Waals surface area (Å²) in [5.74, 6) is 0.863. The van der Waals surface area contributed by atoms with Gasteiger partial charge in [-0.2, -0.15) is 0 Å². The fourth-order valence-corrected chi connectivity index (χ4v) is 7.04. The van der Waals surface area contributed by atoms with Gasteiger partial charge >= 0.3 is 0 Å². The van der Waals surface area contributed by atoms with E-state index in [1.54, 1.807) is 12.1 Å². The van der Waals surface area contributed by atoms with Gasteiger partial charge in [-0.05, 0) is 56.5 Å². The van der Waals surface area contributed by atoms with Crippen LogP contribution in [0.5, 0.6) is 0 Å². The Hall–Kier alpha value is -2.44. The molecule has 2 saturated heterocycles. The second-order valence-electron chi connectivity index (χ2n) is 11.2. The molecular weight excluding hydrogens is 449 g/mol. The molecule has 1 aromatic heterocycles. The summed E-state index contributed by atoms with van der Waals surface area (Å²) in [6, 6.07) is 16.7. The van der Waals surface area contributed by atoms with E-state index in [4.69, 9.17) is 4.98 Å². The predicted molar refractivity (Wildman–Crippen MR) is 145 cm³/mol. The Balaban J connectivity index is 1.30. The predicted octanol–water partition coefficient (Wildman–Crippen LogP) is 5.81. The third kappa shape index (κ3) is 4.43. The Morgan fingerprint density at radius 2 is 1.53 bits per heavy atom. The molecule has 6 rings (SSSR count). The van der Waals surface area contributed by atoms with E-state index in [0.717, 1.165) is 69.1 Å². The lowest BCUT2D eigenvalue weighted by Gasteiger charge is -2.48. The Morgan fingerprint density at radius 3 is 2.22 bits per heavy atom. The lowest BCUT2D eigenvalue weighted by Crippen LogP contribution is -2.50. The number of anilines is 1. The number of benzene rings is 2. The molecule has 2 aliphatic heterocycles. The van der Waals surface area contributed by atoms with Crippen LogP contribution >= 0.6 is 0 Å². The SMILES string of the molecule is CN1CCN(c2nc3ccc(F)cc3n2C2CCN(C3(c4ccccc4)CCCCCC3)CC2)CC1. The van der Waals surface area contributed by atoms with Gasteiger partial charge < -0.3 is 14.4 Å². The molecule has 5 nitrogen and oxygen atoms in total. The summed E-state index contributed by atoms with van der Waals surface area (Å²) in [5.41, 5.74) is 3.53. The highest BCUT2D eigenvalue weighted by Gasteiger charge is 2.41. The third-order valence-electron chi connectivity index (χ3n) is 9.10. The standard InChI is InChI=1S/C30H40FN5/c1-33-19-21-34(22-20-33)29-32-27-12-11-25(31)23-28(27)36(29)26-13-17-35(18-14-26)30(15-7-2-3-8-16-30)24-9-5-4-6-10-24/h4-6,9-12,23,26H,2-3,7-8,13-22H2,1H3. The smallest absolute Gasteiger partial charge is 0.206 e. The largest absolute Gasteiger partial charge is 0.340 e. The number of nitrogens with zero attached hydrogens (tertiary/aromatic N) is 5. The van der Waals surface area contributed by atoms with E-state index in [9.17, 15) is 4.39 Å². The third-order valence-corrected chi connectivity index (χ3v) is 9.10. The number of likely N-dealkylation sites (tertiary alicyclic amines) is 1. The van der Waals surface area contributed by atoms with Crippen LogP contribution < -0.4 is 4.90 Å². The topological polar surface area (TPSA) is 27.5 Å². The Kier molecular flexibility index (Phi) is 6.74. The van der Waals surface area contributed by atoms with Crippen LogP contribution in [0.2, 0.25) is 0 Å². The summed E-state index contributed by atoms with van der Waals surface area (Å²) in [7, 11) is 2.18. The van der Waals surface area contributed by atoms with Crippen molar-refractivity contribution in [1.29, 1.82) is 0 Å². The fourth-order valence-electron chi connectivity index (χ4n) is 7.04. The van der Waals surface area contributed by atoms with Crippen LogP contribution in [0.15, 0.2) is 48.5 Å². The molecular formula is C30H40FN5. The molecule has 0 unspecified atom stereocenters. The Labute approximate surface area is 214 Å². The number of fused-ring (bicyclic) bond motifs is 1. The average molecular weight is 490 g/mol. The van der Waals surface area contributed by atoms with Gasteiger partial charge in [0.1, 0.15) is 5.82 Å². The highest BCUT2D eigenvalue weighted by atomic mass is 19.1. The Bertz CT molecular complexity index is 1150. The number of hydrogen-bond donors (Lipinski definition) is 0. The number of rotatable bonds is 4. The average Bonchev–Trinajstić information content (AvgIpc) is 3.10. The summed E-state index contributed by atoms with van der Waals surface area (Å²) in [6.45, 7) is 6.18. The maximum absolute atomic E-state index is 14.4. The van der Waals surface area contributed by atoms with Gasteiger partial charge in [-0.3, -0.25) is 4.90 Å². The number of likely N-dealkylation sites (N-methyl/N-ethyl adjacent to an activating group) is 1. The van der Waals surface area contributed by atoms with Crippen LogP contribution in [0.4, 0.5) is 10.3 Å². The molecule has 36 heavy (non-hydrogen) atoms. The van der Waals surface area contributed by atoms with Crippen molar-refractivity contribution in [3.8, 4) is 0 Å². The minimum atomic E-state index is -0.174. The zero-order chi connectivity index (χ0) is 24.5. The number of halogens is 1. The van der Waals surface area contributed by atoms with Gasteiger partial charge in [-0.15, -0.1) is 0 Å². The molecule has 3 heterocycles. The van der Waals surface area contributed by atoms with Crippen molar-refractivity contribution in [2.45, 2.75) is 62.9 Å². The van der Waals surface area contributed by atoms with Crippen LogP contribution in [0.25, 0.3) is 11.0 Å². The lowest BCUT2D eigenvalue weighted by molar-refractivity contribution is 0.0361. The van der Waals surface area contributed by atoms with Crippen LogP contribution in [-0.4, -0.2) is 65.7 Å². The second kappa shape index (κ2) is 10.1. The molecule has 0 atom stereocenters. The maximum Gasteiger partial charge on any atom is 0.206 e. The maximum atomic E-state index is 14.4. The first-order valence-electron chi connectivity index (χ1n) is 14.1. The number of hydrogen-bond acceptors (Lipinski definition) is 4. The first-order chi connectivity index (χ1) is 17.6. The Morgan fingerprint density at radius 1 is 0.833 bits per heavy atom. The van der Waals surface area contributed by atoms with Crippen LogP contribution in [0.3, 0.4) is 0 Å². The minimum Gasteiger partial charge on any atom is -0.340 e. The van der Waals surface area contributed by atoms with Crippen molar-refractivity contribution < 1.29 is 4.39 Å². The summed E-state index contributed by atoms with van der Waals surface area (Å²) in [4.78, 5) is 12.6. The molecule has 0 bridgehead atoms. The zero-order valence-electron chi connectivity index (χ0n) is 21.7. The van der Waals surface area contributed by atoms with Crippen molar-refractivity contribution in [3.63, 3.8) is 0 Å². The van der Waals surface area contributed by atoms with E-state index in [-0.39, 0.29) is 11.4 Å². The molecule has 192 valence electrons. The lowest BCUT2D eigenvalue weighted by atomic mass is 9.79. The molecule has 1 aliphatic carbocycles. The normalized spacial score (nSPS) is 22.7. The van der Waals surface area contributed by atoms with Gasteiger partial charge in [-0.1, -0.05) is 56.0 Å². The van der Waals surface area contributed by atoms with Crippen molar-refractivity contribution in [3.05, 3.63) is 59.9 Å². The molecule has 0 amide bonds. The highest BCUT2D eigenvalue weighted by molar-refractivity contribution is 5.79. The molecule has 3 fully saturated rings. The monoisotopic (exact) mass is 489 g/mol. The highest BCUT2D eigenvalue weighted by Crippen LogP contribution is 2.44. The molecule has 6 heteroatoms. The van der Waals surface area contributed by atoms with Gasteiger partial charge in [0.05, 0.1) is 11.0 Å². The summed E-state index contributed by atoms with van der Waals surface area (Å²) < 4.78 is 16.8. The van der Waals surface area contributed by atoms with Crippen molar-refractivity contribution >= 4 is 17.0 Å². The van der Waals surface area contributed by atoms with Crippen LogP contribution in [0.1, 0.15) is 63.0 Å². The van der Waals surface area contributed by atoms with E-state index in [1.165, 1.54) is 44.1 Å². The molecule has 0 spiro atoms. The van der Waals surface area contributed by atoms with Gasteiger partial charge in [0.2, 0.25) is 5.95 Å². The quantitative estimate of drug-likeness (QED) is 0.432. The number of aromatic nitrogens is 2. The van der Waals surface area contributed by atoms with Crippen molar-refractivity contribution in [1.82, 2.24) is 19.4 Å². The van der Waals surface area contributed by atoms with Gasteiger partial charge in [0.15, 0.2) is 0 Å². The number of piperidine rings is 1. The summed E-state index contributed by atoms with van der Waals surface area (Å²) >= 11 is 0. The van der Waals surface area contributed by atoms with E-state index in [0.29, 0.717) is 6.04 Å². The van der Waals surface area contributed by atoms with Crippen molar-refractivity contribution in [2.24, 2.45) is 0 Å². The molecule has 2 aromatic carbocycles. The van der Waals surface area contributed by atoms with Crippen molar-refractivity contribution in [2.75, 3.05) is 51.2 Å². The van der Waals surface area contributed by atoms with E-state index in [1.807, 2.05) is 6.07 Å². The van der Waals surface area contributed by atoms with E-state index in [2.05, 4.69) is 56.6 Å².